The van der Waals surface area contributed by atoms with E-state index in [0.717, 1.165) is 68.6 Å². The maximum absolute atomic E-state index is 12.8. The summed E-state index contributed by atoms with van der Waals surface area (Å²) in [5.74, 6) is 2.73. The third kappa shape index (κ3) is 4.84. The highest BCUT2D eigenvalue weighted by atomic mass is 16.6. The van der Waals surface area contributed by atoms with Crippen LogP contribution in [0, 0.1) is 0 Å². The summed E-state index contributed by atoms with van der Waals surface area (Å²) >= 11 is 0. The van der Waals surface area contributed by atoms with Crippen molar-refractivity contribution in [1.29, 1.82) is 0 Å². The van der Waals surface area contributed by atoms with Gasteiger partial charge in [0.1, 0.15) is 19.0 Å². The smallest absolute Gasteiger partial charge is 0.236 e. The molecule has 32 heavy (non-hydrogen) atoms. The topological polar surface area (TPSA) is 54.5 Å². The molecule has 7 heteroatoms. The van der Waals surface area contributed by atoms with Crippen molar-refractivity contribution in [2.75, 3.05) is 59.6 Å². The summed E-state index contributed by atoms with van der Waals surface area (Å²) in [6.07, 6.45) is 1.01. The molecule has 7 nitrogen and oxygen atoms in total. The fourth-order valence-corrected chi connectivity index (χ4v) is 4.56. The molecule has 0 aliphatic carbocycles. The summed E-state index contributed by atoms with van der Waals surface area (Å²) in [5, 5.41) is 0. The predicted molar refractivity (Wildman–Crippen MR) is 121 cm³/mol. The molecule has 3 aliphatic heterocycles. The minimum Gasteiger partial charge on any atom is -0.493 e. The SMILES string of the molecule is CN(Cc1ccc2c(c1)OCCO2)C(=O)CN1CCN(Cc2ccc3c(c2)CCO3)CC1. The van der Waals surface area contributed by atoms with Gasteiger partial charge < -0.3 is 19.1 Å². The van der Waals surface area contributed by atoms with Crippen molar-refractivity contribution in [2.24, 2.45) is 0 Å². The highest BCUT2D eigenvalue weighted by Crippen LogP contribution is 2.31. The molecule has 1 fully saturated rings. The van der Waals surface area contributed by atoms with Crippen molar-refractivity contribution in [1.82, 2.24) is 14.7 Å². The van der Waals surface area contributed by atoms with E-state index < -0.39 is 0 Å². The first-order valence-corrected chi connectivity index (χ1v) is 11.5. The summed E-state index contributed by atoms with van der Waals surface area (Å²) in [6.45, 7) is 7.73. The van der Waals surface area contributed by atoms with Crippen LogP contribution < -0.4 is 14.2 Å². The second-order valence-electron chi connectivity index (χ2n) is 8.82. The number of benzene rings is 2. The third-order valence-corrected chi connectivity index (χ3v) is 6.44. The van der Waals surface area contributed by atoms with Gasteiger partial charge in [-0.3, -0.25) is 14.6 Å². The van der Waals surface area contributed by atoms with Crippen LogP contribution in [-0.4, -0.2) is 80.2 Å². The summed E-state index contributed by atoms with van der Waals surface area (Å²) in [4.78, 5) is 19.3. The second kappa shape index (κ2) is 9.38. The Morgan fingerprint density at radius 1 is 0.844 bits per heavy atom. The van der Waals surface area contributed by atoms with Crippen LogP contribution in [0.4, 0.5) is 0 Å². The van der Waals surface area contributed by atoms with Gasteiger partial charge in [-0.2, -0.15) is 0 Å². The molecule has 0 spiro atoms. The summed E-state index contributed by atoms with van der Waals surface area (Å²) in [6, 6.07) is 12.5. The Bertz CT molecular complexity index is 972. The van der Waals surface area contributed by atoms with E-state index in [-0.39, 0.29) is 5.91 Å². The molecule has 2 aromatic rings. The van der Waals surface area contributed by atoms with E-state index in [0.29, 0.717) is 26.3 Å². The van der Waals surface area contributed by atoms with Gasteiger partial charge in [-0.25, -0.2) is 0 Å². The molecule has 1 amide bonds. The number of carbonyl (C=O) groups excluding carboxylic acids is 1. The maximum Gasteiger partial charge on any atom is 0.236 e. The molecular weight excluding hydrogens is 406 g/mol. The number of amides is 1. The van der Waals surface area contributed by atoms with Gasteiger partial charge in [0.25, 0.3) is 0 Å². The normalized spacial score (nSPS) is 18.2. The zero-order chi connectivity index (χ0) is 21.9. The lowest BCUT2D eigenvalue weighted by molar-refractivity contribution is -0.132. The van der Waals surface area contributed by atoms with Gasteiger partial charge in [-0.15, -0.1) is 0 Å². The van der Waals surface area contributed by atoms with Gasteiger partial charge in [0.05, 0.1) is 13.2 Å². The van der Waals surface area contributed by atoms with Gasteiger partial charge in [0.15, 0.2) is 11.5 Å². The van der Waals surface area contributed by atoms with Gasteiger partial charge in [0.2, 0.25) is 5.91 Å². The molecule has 0 aromatic heterocycles. The molecule has 0 unspecified atom stereocenters. The number of hydrogen-bond acceptors (Lipinski definition) is 6. The van der Waals surface area contributed by atoms with Gasteiger partial charge in [0, 0.05) is 52.7 Å². The Labute approximate surface area is 189 Å². The van der Waals surface area contributed by atoms with Crippen LogP contribution in [0.3, 0.4) is 0 Å². The number of ether oxygens (including phenoxy) is 3. The fraction of sp³-hybridized carbons (Fsp3) is 0.480. The van der Waals surface area contributed by atoms with E-state index >= 15 is 0 Å². The molecule has 0 bridgehead atoms. The van der Waals surface area contributed by atoms with Crippen LogP contribution in [-0.2, 0) is 24.3 Å². The first-order valence-electron chi connectivity index (χ1n) is 11.5. The van der Waals surface area contributed by atoms with Crippen LogP contribution in [0.25, 0.3) is 0 Å². The number of likely N-dealkylation sites (N-methyl/N-ethyl adjacent to an activating group) is 1. The number of hydrogen-bond donors (Lipinski definition) is 0. The lowest BCUT2D eigenvalue weighted by Crippen LogP contribution is -2.49. The van der Waals surface area contributed by atoms with Crippen molar-refractivity contribution in [3.63, 3.8) is 0 Å². The largest absolute Gasteiger partial charge is 0.493 e. The number of nitrogens with zero attached hydrogens (tertiary/aromatic N) is 3. The van der Waals surface area contributed by atoms with Crippen molar-refractivity contribution in [3.8, 4) is 17.2 Å². The highest BCUT2D eigenvalue weighted by molar-refractivity contribution is 5.78. The van der Waals surface area contributed by atoms with E-state index in [4.69, 9.17) is 14.2 Å². The quantitative estimate of drug-likeness (QED) is 0.691. The lowest BCUT2D eigenvalue weighted by Gasteiger charge is -2.35. The van der Waals surface area contributed by atoms with Crippen molar-refractivity contribution < 1.29 is 19.0 Å². The Balaban J connectivity index is 1.08. The molecular formula is C25H31N3O4. The Morgan fingerprint density at radius 3 is 2.38 bits per heavy atom. The molecule has 3 aliphatic rings. The highest BCUT2D eigenvalue weighted by Gasteiger charge is 2.22. The Kier molecular flexibility index (Phi) is 6.19. The fourth-order valence-electron chi connectivity index (χ4n) is 4.56. The molecule has 170 valence electrons. The molecule has 1 saturated heterocycles. The van der Waals surface area contributed by atoms with Gasteiger partial charge in [-0.1, -0.05) is 18.2 Å². The summed E-state index contributed by atoms with van der Waals surface area (Å²) in [5.41, 5.74) is 3.72. The molecule has 0 radical (unpaired) electrons. The number of rotatable bonds is 6. The minimum absolute atomic E-state index is 0.145. The second-order valence-corrected chi connectivity index (χ2v) is 8.82. The minimum atomic E-state index is 0.145. The first kappa shape index (κ1) is 21.1. The summed E-state index contributed by atoms with van der Waals surface area (Å²) < 4.78 is 16.8. The number of carbonyl (C=O) groups is 1. The molecule has 2 aromatic carbocycles. The molecule has 0 saturated carbocycles. The first-order chi connectivity index (χ1) is 15.6. The van der Waals surface area contributed by atoms with Crippen molar-refractivity contribution >= 4 is 5.91 Å². The van der Waals surface area contributed by atoms with E-state index in [1.54, 1.807) is 4.90 Å². The van der Waals surface area contributed by atoms with Gasteiger partial charge in [-0.05, 0) is 34.9 Å². The zero-order valence-electron chi connectivity index (χ0n) is 18.7. The monoisotopic (exact) mass is 437 g/mol. The van der Waals surface area contributed by atoms with Crippen molar-refractivity contribution in [2.45, 2.75) is 19.5 Å². The van der Waals surface area contributed by atoms with Crippen molar-refractivity contribution in [3.05, 3.63) is 53.1 Å². The average molecular weight is 438 g/mol. The van der Waals surface area contributed by atoms with Crippen LogP contribution in [0.2, 0.25) is 0 Å². The number of piperazine rings is 1. The van der Waals surface area contributed by atoms with Crippen LogP contribution in [0.5, 0.6) is 17.2 Å². The Hall–Kier alpha value is -2.77. The lowest BCUT2D eigenvalue weighted by atomic mass is 10.1. The standard InChI is InChI=1S/C25H31N3O4/c1-26(16-20-3-5-23-24(15-20)32-13-12-31-23)25(29)18-28-9-7-27(8-10-28)17-19-2-4-22-21(14-19)6-11-30-22/h2-5,14-15H,6-13,16-18H2,1H3. The molecule has 0 N–H and O–H groups in total. The third-order valence-electron chi connectivity index (χ3n) is 6.44. The predicted octanol–water partition coefficient (Wildman–Crippen LogP) is 2.17. The van der Waals surface area contributed by atoms with Gasteiger partial charge >= 0.3 is 0 Å². The number of fused-ring (bicyclic) bond motifs is 2. The van der Waals surface area contributed by atoms with E-state index in [1.807, 2.05) is 25.2 Å². The molecule has 3 heterocycles. The zero-order valence-corrected chi connectivity index (χ0v) is 18.7. The van der Waals surface area contributed by atoms with E-state index in [9.17, 15) is 4.79 Å². The summed E-state index contributed by atoms with van der Waals surface area (Å²) in [7, 11) is 1.87. The molecule has 0 atom stereocenters. The van der Waals surface area contributed by atoms with E-state index in [2.05, 4.69) is 28.0 Å². The van der Waals surface area contributed by atoms with E-state index in [1.165, 1.54) is 11.1 Å². The van der Waals surface area contributed by atoms with Crippen LogP contribution in [0.15, 0.2) is 36.4 Å². The molecule has 5 rings (SSSR count). The Morgan fingerprint density at radius 2 is 1.53 bits per heavy atom. The van der Waals surface area contributed by atoms with Crippen LogP contribution >= 0.6 is 0 Å². The average Bonchev–Trinajstić information content (AvgIpc) is 3.28. The maximum atomic E-state index is 12.8. The van der Waals surface area contributed by atoms with Crippen LogP contribution in [0.1, 0.15) is 16.7 Å².